The number of rotatable bonds is 8. The number of aromatic nitrogens is 1. The Hall–Kier alpha value is -4.12. The molecule has 1 aliphatic rings. The van der Waals surface area contributed by atoms with Gasteiger partial charge in [-0.25, -0.2) is 4.98 Å². The SMILES string of the molecule is COc1cc2c(c(OC)c1OC)-c1ccc(NCC(=O)Nc3nc(C)cs3)c(=O)cc1[C@H](NC(C)=O)CC2. The van der Waals surface area contributed by atoms with E-state index in [1.165, 1.54) is 31.4 Å². The van der Waals surface area contributed by atoms with Crippen LogP contribution in [0.25, 0.3) is 11.1 Å². The third-order valence-corrected chi connectivity index (χ3v) is 7.10. The summed E-state index contributed by atoms with van der Waals surface area (Å²) in [5, 5.41) is 11.0. The molecule has 0 saturated carbocycles. The molecule has 3 aromatic rings. The zero-order chi connectivity index (χ0) is 27.4. The molecule has 200 valence electrons. The quantitative estimate of drug-likeness (QED) is 0.396. The molecule has 1 atom stereocenters. The van der Waals surface area contributed by atoms with Crippen LogP contribution in [0.2, 0.25) is 0 Å². The molecule has 0 spiro atoms. The maximum Gasteiger partial charge on any atom is 0.245 e. The van der Waals surface area contributed by atoms with E-state index in [9.17, 15) is 14.4 Å². The minimum Gasteiger partial charge on any atom is -0.493 e. The highest BCUT2D eigenvalue weighted by molar-refractivity contribution is 7.13. The minimum absolute atomic E-state index is 0.122. The second kappa shape index (κ2) is 11.5. The number of carbonyl (C=O) groups is 2. The van der Waals surface area contributed by atoms with Crippen LogP contribution in [0.4, 0.5) is 10.8 Å². The number of hydrogen-bond donors (Lipinski definition) is 3. The largest absolute Gasteiger partial charge is 0.493 e. The van der Waals surface area contributed by atoms with E-state index in [0.717, 1.165) is 16.8 Å². The Bertz CT molecular complexity index is 1440. The van der Waals surface area contributed by atoms with E-state index in [1.54, 1.807) is 26.4 Å². The Balaban J connectivity index is 1.79. The fraction of sp³-hybridized carbons (Fsp3) is 0.333. The molecule has 1 aromatic heterocycles. The summed E-state index contributed by atoms with van der Waals surface area (Å²) in [5.74, 6) is 0.889. The van der Waals surface area contributed by atoms with Crippen LogP contribution in [-0.2, 0) is 16.0 Å². The van der Waals surface area contributed by atoms with E-state index >= 15 is 0 Å². The first-order chi connectivity index (χ1) is 18.2. The molecule has 2 amide bonds. The lowest BCUT2D eigenvalue weighted by Gasteiger charge is -2.19. The van der Waals surface area contributed by atoms with Crippen molar-refractivity contribution in [3.8, 4) is 28.4 Å². The number of aryl methyl sites for hydroxylation is 2. The molecule has 11 heteroatoms. The molecule has 1 aliphatic carbocycles. The predicted molar refractivity (Wildman–Crippen MR) is 147 cm³/mol. The summed E-state index contributed by atoms with van der Waals surface area (Å²) in [6.45, 7) is 3.17. The van der Waals surface area contributed by atoms with E-state index in [2.05, 4.69) is 20.9 Å². The van der Waals surface area contributed by atoms with Gasteiger partial charge in [-0.05, 0) is 54.7 Å². The summed E-state index contributed by atoms with van der Waals surface area (Å²) in [4.78, 5) is 42.0. The van der Waals surface area contributed by atoms with Crippen molar-refractivity contribution in [2.45, 2.75) is 32.7 Å². The average molecular weight is 539 g/mol. The molecular weight excluding hydrogens is 508 g/mol. The number of thiazole rings is 1. The Morgan fingerprint density at radius 2 is 1.87 bits per heavy atom. The van der Waals surface area contributed by atoms with Crippen molar-refractivity contribution < 1.29 is 23.8 Å². The molecule has 0 radical (unpaired) electrons. The number of anilines is 2. The Labute approximate surface area is 224 Å². The Morgan fingerprint density at radius 3 is 2.50 bits per heavy atom. The predicted octanol–water partition coefficient (Wildman–Crippen LogP) is 3.68. The smallest absolute Gasteiger partial charge is 0.245 e. The highest BCUT2D eigenvalue weighted by atomic mass is 32.1. The summed E-state index contributed by atoms with van der Waals surface area (Å²) in [6, 6.07) is 6.42. The van der Waals surface area contributed by atoms with Crippen LogP contribution in [-0.4, -0.2) is 44.7 Å². The van der Waals surface area contributed by atoms with Gasteiger partial charge in [0.1, 0.15) is 0 Å². The van der Waals surface area contributed by atoms with Crippen LogP contribution < -0.4 is 35.6 Å². The van der Waals surface area contributed by atoms with E-state index in [4.69, 9.17) is 14.2 Å². The molecule has 38 heavy (non-hydrogen) atoms. The van der Waals surface area contributed by atoms with Gasteiger partial charge in [0.25, 0.3) is 0 Å². The molecule has 0 unspecified atom stereocenters. The number of methoxy groups -OCH3 is 3. The minimum atomic E-state index is -0.416. The molecule has 10 nitrogen and oxygen atoms in total. The number of carbonyl (C=O) groups excluding carboxylic acids is 2. The molecule has 0 bridgehead atoms. The van der Waals surface area contributed by atoms with Gasteiger partial charge in [-0.2, -0.15) is 0 Å². The fourth-order valence-corrected chi connectivity index (χ4v) is 5.31. The monoisotopic (exact) mass is 538 g/mol. The van der Waals surface area contributed by atoms with Crippen molar-refractivity contribution in [3.05, 3.63) is 56.7 Å². The summed E-state index contributed by atoms with van der Waals surface area (Å²) >= 11 is 1.33. The number of benzene rings is 1. The van der Waals surface area contributed by atoms with Crippen molar-refractivity contribution in [2.24, 2.45) is 0 Å². The van der Waals surface area contributed by atoms with Gasteiger partial charge in [0.05, 0.1) is 45.3 Å². The van der Waals surface area contributed by atoms with E-state index in [-0.39, 0.29) is 29.5 Å². The first-order valence-electron chi connectivity index (χ1n) is 12.0. The highest BCUT2D eigenvalue weighted by Gasteiger charge is 2.29. The lowest BCUT2D eigenvalue weighted by molar-refractivity contribution is -0.119. The molecule has 0 fully saturated rings. The lowest BCUT2D eigenvalue weighted by Crippen LogP contribution is -2.27. The maximum absolute atomic E-state index is 13.3. The van der Waals surface area contributed by atoms with Gasteiger partial charge >= 0.3 is 0 Å². The van der Waals surface area contributed by atoms with Crippen molar-refractivity contribution >= 4 is 34.0 Å². The van der Waals surface area contributed by atoms with Crippen LogP contribution in [0.1, 0.15) is 36.2 Å². The van der Waals surface area contributed by atoms with Gasteiger partial charge < -0.3 is 30.2 Å². The van der Waals surface area contributed by atoms with Gasteiger partial charge in [0, 0.05) is 17.9 Å². The van der Waals surface area contributed by atoms with Gasteiger partial charge in [-0.1, -0.05) is 6.07 Å². The van der Waals surface area contributed by atoms with Gasteiger partial charge in [0.2, 0.25) is 23.0 Å². The zero-order valence-corrected chi connectivity index (χ0v) is 22.7. The molecule has 3 N–H and O–H groups in total. The van der Waals surface area contributed by atoms with Crippen LogP contribution in [0, 0.1) is 6.92 Å². The highest BCUT2D eigenvalue weighted by Crippen LogP contribution is 2.50. The number of nitrogens with one attached hydrogen (secondary N) is 3. The Morgan fingerprint density at radius 1 is 1.11 bits per heavy atom. The fourth-order valence-electron chi connectivity index (χ4n) is 4.60. The third kappa shape index (κ3) is 5.57. The number of amides is 2. The lowest BCUT2D eigenvalue weighted by atomic mass is 9.95. The van der Waals surface area contributed by atoms with E-state index in [1.807, 2.05) is 18.4 Å². The second-order valence-corrected chi connectivity index (χ2v) is 9.65. The van der Waals surface area contributed by atoms with E-state index < -0.39 is 6.04 Å². The standard InChI is InChI=1S/C27H30N4O6S/c1-14-13-38-27(29-14)31-23(34)12-28-20-9-7-17-18(11-21(20)33)19(30-15(2)32)8-6-16-10-22(35-3)25(36-4)26(37-5)24(16)17/h7,9-11,13,19H,6,8,12H2,1-5H3,(H,28,33)(H,30,32)(H,29,31,34)/t19-/m1/s1. The molecule has 0 aliphatic heterocycles. The van der Waals surface area contributed by atoms with Crippen molar-refractivity contribution in [3.63, 3.8) is 0 Å². The molecular formula is C27H30N4O6S. The number of fused-ring (bicyclic) bond motifs is 3. The average Bonchev–Trinajstić information content (AvgIpc) is 3.15. The van der Waals surface area contributed by atoms with Gasteiger partial charge in [0.15, 0.2) is 16.6 Å². The summed E-state index contributed by atoms with van der Waals surface area (Å²) in [6.07, 6.45) is 1.16. The molecule has 2 aromatic carbocycles. The topological polar surface area (TPSA) is 128 Å². The van der Waals surface area contributed by atoms with Crippen LogP contribution in [0.3, 0.4) is 0 Å². The number of ether oxygens (including phenoxy) is 3. The number of nitrogens with zero attached hydrogens (tertiary/aromatic N) is 1. The zero-order valence-electron chi connectivity index (χ0n) is 21.9. The normalized spacial score (nSPS) is 13.9. The second-order valence-electron chi connectivity index (χ2n) is 8.79. The summed E-state index contributed by atoms with van der Waals surface area (Å²) in [7, 11) is 4.64. The van der Waals surface area contributed by atoms with Crippen molar-refractivity contribution in [2.75, 3.05) is 38.5 Å². The third-order valence-electron chi connectivity index (χ3n) is 6.22. The number of hydrogen-bond acceptors (Lipinski definition) is 9. The Kier molecular flexibility index (Phi) is 8.16. The van der Waals surface area contributed by atoms with Crippen molar-refractivity contribution in [1.82, 2.24) is 10.3 Å². The molecule has 1 heterocycles. The van der Waals surface area contributed by atoms with Crippen LogP contribution in [0.5, 0.6) is 17.2 Å². The summed E-state index contributed by atoms with van der Waals surface area (Å²) in [5.41, 5.74) is 3.78. The first kappa shape index (κ1) is 26.9. The van der Waals surface area contributed by atoms with Crippen molar-refractivity contribution in [1.29, 1.82) is 0 Å². The van der Waals surface area contributed by atoms with Crippen LogP contribution >= 0.6 is 11.3 Å². The van der Waals surface area contributed by atoms with Crippen LogP contribution in [0.15, 0.2) is 34.4 Å². The van der Waals surface area contributed by atoms with Gasteiger partial charge in [-0.15, -0.1) is 11.3 Å². The maximum atomic E-state index is 13.3. The van der Waals surface area contributed by atoms with Gasteiger partial charge in [-0.3, -0.25) is 14.4 Å². The first-order valence-corrected chi connectivity index (χ1v) is 12.9. The summed E-state index contributed by atoms with van der Waals surface area (Å²) < 4.78 is 16.9. The van der Waals surface area contributed by atoms with E-state index in [0.29, 0.717) is 46.3 Å². The molecule has 4 rings (SSSR count). The molecule has 0 saturated heterocycles.